The van der Waals surface area contributed by atoms with Crippen molar-refractivity contribution in [3.05, 3.63) is 24.0 Å². The molecule has 1 aromatic heterocycles. The Hall–Kier alpha value is -1.13. The third-order valence-electron chi connectivity index (χ3n) is 4.08. The lowest BCUT2D eigenvalue weighted by molar-refractivity contribution is -0.0380. The minimum absolute atomic E-state index is 0.0844. The van der Waals surface area contributed by atoms with E-state index in [1.54, 1.807) is 7.11 Å². The summed E-state index contributed by atoms with van der Waals surface area (Å²) < 4.78 is 11.4. The normalized spacial score (nSPS) is 19.3. The van der Waals surface area contributed by atoms with E-state index in [4.69, 9.17) is 9.47 Å². The maximum Gasteiger partial charge on any atom is 0.142 e. The number of hydrogen-bond donors (Lipinski definition) is 1. The third kappa shape index (κ3) is 2.74. The number of aromatic nitrogens is 1. The second-order valence-electron chi connectivity index (χ2n) is 5.06. The van der Waals surface area contributed by atoms with Crippen molar-refractivity contribution in [2.45, 2.75) is 44.2 Å². The average molecular weight is 264 g/mol. The van der Waals surface area contributed by atoms with Gasteiger partial charge in [0.15, 0.2) is 0 Å². The summed E-state index contributed by atoms with van der Waals surface area (Å²) in [7, 11) is 3.50. The molecule has 0 radical (unpaired) electrons. The van der Waals surface area contributed by atoms with Gasteiger partial charge >= 0.3 is 0 Å². The van der Waals surface area contributed by atoms with Gasteiger partial charge in [-0.25, -0.2) is 0 Å². The third-order valence-corrected chi connectivity index (χ3v) is 4.08. The molecular weight excluding hydrogens is 240 g/mol. The molecule has 1 saturated carbocycles. The van der Waals surface area contributed by atoms with Gasteiger partial charge in [-0.05, 0) is 31.5 Å². The van der Waals surface area contributed by atoms with Gasteiger partial charge < -0.3 is 14.8 Å². The molecule has 1 aliphatic carbocycles. The average Bonchev–Trinajstić information content (AvgIpc) is 2.94. The highest BCUT2D eigenvalue weighted by Gasteiger charge is 2.43. The van der Waals surface area contributed by atoms with Gasteiger partial charge in [0.05, 0.1) is 18.8 Å². The summed E-state index contributed by atoms with van der Waals surface area (Å²) in [4.78, 5) is 4.54. The van der Waals surface area contributed by atoms with Crippen molar-refractivity contribution in [1.29, 1.82) is 0 Å². The first-order chi connectivity index (χ1) is 9.27. The van der Waals surface area contributed by atoms with Gasteiger partial charge in [-0.3, -0.25) is 4.98 Å². The lowest BCUT2D eigenvalue weighted by Gasteiger charge is -2.37. The summed E-state index contributed by atoms with van der Waals surface area (Å²) in [5.74, 6) is 0.830. The molecule has 0 aliphatic heterocycles. The highest BCUT2D eigenvalue weighted by molar-refractivity contribution is 5.32. The molecular formula is C15H24N2O2. The van der Waals surface area contributed by atoms with Gasteiger partial charge in [0, 0.05) is 13.3 Å². The predicted octanol–water partition coefficient (Wildman–Crippen LogP) is 2.70. The molecule has 1 aliphatic rings. The molecule has 19 heavy (non-hydrogen) atoms. The molecule has 0 bridgehead atoms. The van der Waals surface area contributed by atoms with Crippen LogP contribution < -0.4 is 10.1 Å². The number of likely N-dealkylation sites (N-methyl/N-ethyl adjacent to an activating group) is 1. The van der Waals surface area contributed by atoms with E-state index in [0.717, 1.165) is 30.8 Å². The number of ether oxygens (including phenoxy) is 2. The molecule has 1 atom stereocenters. The zero-order chi connectivity index (χ0) is 13.7. The quantitative estimate of drug-likeness (QED) is 0.858. The van der Waals surface area contributed by atoms with Crippen LogP contribution in [0.3, 0.4) is 0 Å². The fourth-order valence-corrected chi connectivity index (χ4v) is 3.11. The van der Waals surface area contributed by atoms with E-state index in [9.17, 15) is 0 Å². The minimum atomic E-state index is -0.155. The van der Waals surface area contributed by atoms with Crippen molar-refractivity contribution in [3.63, 3.8) is 0 Å². The fraction of sp³-hybridized carbons (Fsp3) is 0.667. The zero-order valence-electron chi connectivity index (χ0n) is 12.1. The van der Waals surface area contributed by atoms with Gasteiger partial charge in [-0.1, -0.05) is 19.8 Å². The minimum Gasteiger partial charge on any atom is -0.495 e. The number of rotatable bonds is 6. The van der Waals surface area contributed by atoms with Gasteiger partial charge in [0.2, 0.25) is 0 Å². The number of nitrogens with one attached hydrogen (secondary N) is 1. The van der Waals surface area contributed by atoms with E-state index in [1.807, 2.05) is 25.4 Å². The number of hydrogen-bond acceptors (Lipinski definition) is 4. The fourth-order valence-electron chi connectivity index (χ4n) is 3.11. The Morgan fingerprint density at radius 2 is 2.11 bits per heavy atom. The highest BCUT2D eigenvalue weighted by atomic mass is 16.5. The maximum atomic E-state index is 5.91. The lowest BCUT2D eigenvalue weighted by atomic mass is 9.88. The molecule has 106 valence electrons. The van der Waals surface area contributed by atoms with Crippen LogP contribution in [0.25, 0.3) is 0 Å². The Bertz CT molecular complexity index is 403. The van der Waals surface area contributed by atoms with Gasteiger partial charge in [-0.2, -0.15) is 0 Å². The van der Waals surface area contributed by atoms with Crippen molar-refractivity contribution in [3.8, 4) is 5.75 Å². The summed E-state index contributed by atoms with van der Waals surface area (Å²) in [6.07, 6.45) is 6.39. The maximum absolute atomic E-state index is 5.91. The molecule has 0 spiro atoms. The van der Waals surface area contributed by atoms with Crippen LogP contribution in [0.4, 0.5) is 0 Å². The molecule has 2 rings (SSSR count). The first kappa shape index (κ1) is 14.3. The van der Waals surface area contributed by atoms with Crippen LogP contribution in [-0.4, -0.2) is 31.3 Å². The molecule has 0 aromatic carbocycles. The Labute approximate surface area is 115 Å². The van der Waals surface area contributed by atoms with Crippen LogP contribution in [-0.2, 0) is 4.74 Å². The number of methoxy groups -OCH3 is 2. The van der Waals surface area contributed by atoms with Crippen LogP contribution in [0.15, 0.2) is 18.3 Å². The topological polar surface area (TPSA) is 43.4 Å². The highest BCUT2D eigenvalue weighted by Crippen LogP contribution is 2.43. The zero-order valence-corrected chi connectivity index (χ0v) is 12.1. The molecule has 1 N–H and O–H groups in total. The van der Waals surface area contributed by atoms with Gasteiger partial charge in [0.1, 0.15) is 11.4 Å². The molecule has 0 saturated heterocycles. The number of nitrogens with zero attached hydrogens (tertiary/aromatic N) is 1. The van der Waals surface area contributed by atoms with Crippen molar-refractivity contribution >= 4 is 0 Å². The Morgan fingerprint density at radius 3 is 2.68 bits per heavy atom. The molecule has 0 amide bonds. The standard InChI is InChI=1S/C15H24N2O2/c1-4-16-14(15(19-3)9-5-6-10-15)13-12(18-2)8-7-11-17-13/h7-8,11,14,16H,4-6,9-10H2,1-3H3. The van der Waals surface area contributed by atoms with Gasteiger partial charge in [-0.15, -0.1) is 0 Å². The van der Waals surface area contributed by atoms with E-state index in [2.05, 4.69) is 17.2 Å². The molecule has 4 heteroatoms. The Kier molecular flexibility index (Phi) is 4.77. The summed E-state index contributed by atoms with van der Waals surface area (Å²) in [6, 6.07) is 3.95. The Balaban J connectivity index is 2.38. The molecule has 1 aromatic rings. The van der Waals surface area contributed by atoms with E-state index in [0.29, 0.717) is 0 Å². The van der Waals surface area contributed by atoms with Crippen molar-refractivity contribution in [2.24, 2.45) is 0 Å². The van der Waals surface area contributed by atoms with Crippen molar-refractivity contribution in [2.75, 3.05) is 20.8 Å². The smallest absolute Gasteiger partial charge is 0.142 e. The summed E-state index contributed by atoms with van der Waals surface area (Å²) >= 11 is 0. The van der Waals surface area contributed by atoms with Crippen LogP contribution >= 0.6 is 0 Å². The predicted molar refractivity (Wildman–Crippen MR) is 75.4 cm³/mol. The SMILES string of the molecule is CCNC(c1ncccc1OC)C1(OC)CCCC1. The first-order valence-corrected chi connectivity index (χ1v) is 7.05. The second-order valence-corrected chi connectivity index (χ2v) is 5.06. The van der Waals surface area contributed by atoms with E-state index in [-0.39, 0.29) is 11.6 Å². The molecule has 1 heterocycles. The molecule has 4 nitrogen and oxygen atoms in total. The monoisotopic (exact) mass is 264 g/mol. The summed E-state index contributed by atoms with van der Waals surface area (Å²) in [5, 5.41) is 3.54. The van der Waals surface area contributed by atoms with Crippen LogP contribution in [0, 0.1) is 0 Å². The molecule has 1 unspecified atom stereocenters. The largest absolute Gasteiger partial charge is 0.495 e. The van der Waals surface area contributed by atoms with Crippen LogP contribution in [0.2, 0.25) is 0 Å². The summed E-state index contributed by atoms with van der Waals surface area (Å²) in [6.45, 7) is 3.00. The van der Waals surface area contributed by atoms with Crippen molar-refractivity contribution < 1.29 is 9.47 Å². The second kappa shape index (κ2) is 6.35. The summed E-state index contributed by atoms with van der Waals surface area (Å²) in [5.41, 5.74) is 0.799. The number of pyridine rings is 1. The lowest BCUT2D eigenvalue weighted by Crippen LogP contribution is -2.44. The van der Waals surface area contributed by atoms with E-state index in [1.165, 1.54) is 12.8 Å². The van der Waals surface area contributed by atoms with E-state index < -0.39 is 0 Å². The van der Waals surface area contributed by atoms with Crippen LogP contribution in [0.5, 0.6) is 5.75 Å². The van der Waals surface area contributed by atoms with Gasteiger partial charge in [0.25, 0.3) is 0 Å². The molecule has 1 fully saturated rings. The van der Waals surface area contributed by atoms with Crippen LogP contribution in [0.1, 0.15) is 44.3 Å². The van der Waals surface area contributed by atoms with E-state index >= 15 is 0 Å². The Morgan fingerprint density at radius 1 is 1.37 bits per heavy atom. The van der Waals surface area contributed by atoms with Crippen molar-refractivity contribution in [1.82, 2.24) is 10.3 Å². The first-order valence-electron chi connectivity index (χ1n) is 7.05.